The van der Waals surface area contributed by atoms with Gasteiger partial charge in [0.25, 0.3) is 0 Å². The van der Waals surface area contributed by atoms with Gasteiger partial charge in [-0.15, -0.1) is 0 Å². The lowest BCUT2D eigenvalue weighted by Crippen LogP contribution is -2.60. The van der Waals surface area contributed by atoms with Crippen LogP contribution in [0.3, 0.4) is 0 Å². The fourth-order valence-corrected chi connectivity index (χ4v) is 5.87. The zero-order chi connectivity index (χ0) is 43.4. The van der Waals surface area contributed by atoms with E-state index in [0.717, 1.165) is 0 Å². The number of rotatable bonds is 26. The molecule has 0 saturated heterocycles. The summed E-state index contributed by atoms with van der Waals surface area (Å²) in [6, 6.07) is -0.816. The van der Waals surface area contributed by atoms with E-state index in [9.17, 15) is 53.4 Å². The van der Waals surface area contributed by atoms with Crippen LogP contribution < -0.4 is 43.4 Å². The van der Waals surface area contributed by atoms with E-state index in [1.54, 1.807) is 64.3 Å². The van der Waals surface area contributed by atoms with Gasteiger partial charge in [0.05, 0.1) is 18.9 Å². The largest absolute Gasteiger partial charge is 0.481 e. The number of nitrogens with one attached hydrogen (secondary N) is 6. The van der Waals surface area contributed by atoms with Gasteiger partial charge < -0.3 is 53.6 Å². The zero-order valence-corrected chi connectivity index (χ0v) is 34.0. The Labute approximate surface area is 336 Å². The molecule has 0 heterocycles. The van der Waals surface area contributed by atoms with E-state index < -0.39 is 114 Å². The Hall–Kier alpha value is -5.24. The van der Waals surface area contributed by atoms with Gasteiger partial charge in [0.15, 0.2) is 0 Å². The van der Waals surface area contributed by atoms with Gasteiger partial charge >= 0.3 is 11.9 Å². The second kappa shape index (κ2) is 25.1. The Bertz CT molecular complexity index is 1560. The van der Waals surface area contributed by atoms with E-state index in [1.807, 2.05) is 0 Å². The van der Waals surface area contributed by atoms with Crippen molar-refractivity contribution in [3.05, 3.63) is 35.9 Å². The van der Waals surface area contributed by atoms with Crippen molar-refractivity contribution in [2.75, 3.05) is 12.0 Å². The van der Waals surface area contributed by atoms with Crippen LogP contribution in [0.4, 0.5) is 0 Å². The molecule has 7 amide bonds. The van der Waals surface area contributed by atoms with Crippen LogP contribution in [0.15, 0.2) is 30.3 Å². The molecule has 1 rings (SSSR count). The standard InChI is InChI=1S/C37H58N8O11S/c1-7-20(4)30(36(54)44-27(37(55)56)15-19(2)3)45-35(53)26(18-29(47)48)43-33(51)24(13-14-57-6)41-31(49)21(5)40-34(52)25(16-22-11-9-8-10-12-22)42-32(50)23(38)17-28(39)46/h8-12,19-21,23-27,30H,7,13-18,38H2,1-6H3,(H2,39,46)(H,40,52)(H,41,49)(H,42,50)(H,43,51)(H,44,54)(H,45,53)(H,47,48)(H,55,56). The van der Waals surface area contributed by atoms with Crippen molar-refractivity contribution in [3.63, 3.8) is 0 Å². The summed E-state index contributed by atoms with van der Waals surface area (Å²) in [7, 11) is 0. The molecule has 0 aliphatic carbocycles. The molecule has 0 fully saturated rings. The van der Waals surface area contributed by atoms with Crippen molar-refractivity contribution in [2.24, 2.45) is 23.3 Å². The Balaban J connectivity index is 3.22. The van der Waals surface area contributed by atoms with E-state index in [0.29, 0.717) is 17.7 Å². The molecule has 1 aromatic rings. The first-order valence-corrected chi connectivity index (χ1v) is 19.9. The number of carbonyl (C=O) groups excluding carboxylic acids is 7. The summed E-state index contributed by atoms with van der Waals surface area (Å²) in [4.78, 5) is 115. The SMILES string of the molecule is CCC(C)C(NC(=O)C(CC(=O)O)NC(=O)C(CCSC)NC(=O)C(C)NC(=O)C(Cc1ccccc1)NC(=O)C(N)CC(N)=O)C(=O)NC(CC(C)C)C(=O)O. The number of aliphatic carboxylic acids is 2. The lowest BCUT2D eigenvalue weighted by molar-refractivity contribution is -0.144. The highest BCUT2D eigenvalue weighted by atomic mass is 32.2. The minimum Gasteiger partial charge on any atom is -0.481 e. The van der Waals surface area contributed by atoms with Crippen molar-refractivity contribution in [2.45, 2.75) is 115 Å². The Morgan fingerprint density at radius 3 is 1.75 bits per heavy atom. The molecule has 20 heteroatoms. The van der Waals surface area contributed by atoms with Gasteiger partial charge in [0.1, 0.15) is 36.3 Å². The smallest absolute Gasteiger partial charge is 0.326 e. The number of benzene rings is 1. The molecule has 57 heavy (non-hydrogen) atoms. The first kappa shape index (κ1) is 49.8. The molecule has 0 aromatic heterocycles. The average molecular weight is 823 g/mol. The van der Waals surface area contributed by atoms with E-state index in [-0.39, 0.29) is 25.2 Å². The van der Waals surface area contributed by atoms with Crippen LogP contribution in [-0.4, -0.2) is 118 Å². The molecule has 0 bridgehead atoms. The summed E-state index contributed by atoms with van der Waals surface area (Å²) in [6.45, 7) is 8.26. The molecule has 1 aromatic carbocycles. The number of carboxylic acid groups (broad SMARTS) is 2. The lowest BCUT2D eigenvalue weighted by atomic mass is 9.96. The fourth-order valence-electron chi connectivity index (χ4n) is 5.39. The zero-order valence-electron chi connectivity index (χ0n) is 33.2. The van der Waals surface area contributed by atoms with E-state index >= 15 is 0 Å². The summed E-state index contributed by atoms with van der Waals surface area (Å²) in [5.41, 5.74) is 11.6. The fraction of sp³-hybridized carbons (Fsp3) is 0.595. The monoisotopic (exact) mass is 822 g/mol. The summed E-state index contributed by atoms with van der Waals surface area (Å²) >= 11 is 1.33. The molecular formula is C37H58N8O11S. The van der Waals surface area contributed by atoms with Crippen LogP contribution in [0.1, 0.15) is 72.3 Å². The first-order valence-electron chi connectivity index (χ1n) is 18.5. The molecule has 8 atom stereocenters. The molecule has 0 saturated carbocycles. The maximum atomic E-state index is 13.6. The second-order valence-electron chi connectivity index (χ2n) is 14.2. The van der Waals surface area contributed by atoms with Crippen LogP contribution in [0.5, 0.6) is 0 Å². The number of hydrogen-bond donors (Lipinski definition) is 10. The Kier molecular flexibility index (Phi) is 21.9. The molecule has 0 radical (unpaired) electrons. The maximum Gasteiger partial charge on any atom is 0.326 e. The summed E-state index contributed by atoms with van der Waals surface area (Å²) in [6.07, 6.45) is 0.865. The summed E-state index contributed by atoms with van der Waals surface area (Å²) in [5, 5.41) is 34.0. The second-order valence-corrected chi connectivity index (χ2v) is 15.1. The van der Waals surface area contributed by atoms with Crippen molar-refractivity contribution in [1.82, 2.24) is 31.9 Å². The van der Waals surface area contributed by atoms with Crippen LogP contribution in [0, 0.1) is 11.8 Å². The number of hydrogen-bond acceptors (Lipinski definition) is 11. The Morgan fingerprint density at radius 2 is 1.23 bits per heavy atom. The normalized spacial score (nSPS) is 15.2. The number of nitrogens with two attached hydrogens (primary N) is 2. The van der Waals surface area contributed by atoms with E-state index in [2.05, 4.69) is 31.9 Å². The highest BCUT2D eigenvalue weighted by Crippen LogP contribution is 2.12. The van der Waals surface area contributed by atoms with Crippen LogP contribution >= 0.6 is 11.8 Å². The summed E-state index contributed by atoms with van der Waals surface area (Å²) in [5.74, 6) is -9.04. The van der Waals surface area contributed by atoms with Crippen LogP contribution in [0.25, 0.3) is 0 Å². The van der Waals surface area contributed by atoms with Gasteiger partial charge in [0.2, 0.25) is 41.4 Å². The van der Waals surface area contributed by atoms with Gasteiger partial charge in [-0.2, -0.15) is 11.8 Å². The molecule has 12 N–H and O–H groups in total. The molecule has 0 aliphatic heterocycles. The minimum absolute atomic E-state index is 0.0144. The van der Waals surface area contributed by atoms with Crippen molar-refractivity contribution in [1.29, 1.82) is 0 Å². The third-order valence-corrected chi connectivity index (χ3v) is 9.44. The van der Waals surface area contributed by atoms with Crippen molar-refractivity contribution < 1.29 is 53.4 Å². The minimum atomic E-state index is -1.71. The van der Waals surface area contributed by atoms with Gasteiger partial charge in [-0.1, -0.05) is 64.4 Å². The molecule has 0 aliphatic rings. The number of carboxylic acids is 2. The molecular weight excluding hydrogens is 765 g/mol. The van der Waals surface area contributed by atoms with Gasteiger partial charge in [-0.3, -0.25) is 38.4 Å². The molecule has 19 nitrogen and oxygen atoms in total. The molecule has 8 unspecified atom stereocenters. The number of primary amides is 1. The van der Waals surface area contributed by atoms with Gasteiger partial charge in [-0.05, 0) is 49.2 Å². The molecule has 0 spiro atoms. The molecule has 318 valence electrons. The Morgan fingerprint density at radius 1 is 0.684 bits per heavy atom. The average Bonchev–Trinajstić information content (AvgIpc) is 3.13. The first-order chi connectivity index (χ1) is 26.7. The van der Waals surface area contributed by atoms with E-state index in [1.165, 1.54) is 18.7 Å². The number of amides is 7. The van der Waals surface area contributed by atoms with Crippen LogP contribution in [0.2, 0.25) is 0 Å². The lowest BCUT2D eigenvalue weighted by Gasteiger charge is -2.28. The predicted molar refractivity (Wildman–Crippen MR) is 211 cm³/mol. The van der Waals surface area contributed by atoms with Gasteiger partial charge in [-0.25, -0.2) is 4.79 Å². The van der Waals surface area contributed by atoms with Gasteiger partial charge in [0, 0.05) is 6.42 Å². The van der Waals surface area contributed by atoms with Crippen molar-refractivity contribution in [3.8, 4) is 0 Å². The highest BCUT2D eigenvalue weighted by Gasteiger charge is 2.35. The van der Waals surface area contributed by atoms with E-state index in [4.69, 9.17) is 11.5 Å². The van der Waals surface area contributed by atoms with Crippen LogP contribution in [-0.2, 0) is 49.6 Å². The maximum absolute atomic E-state index is 13.6. The van der Waals surface area contributed by atoms with Crippen molar-refractivity contribution >= 4 is 65.1 Å². The quantitative estimate of drug-likeness (QED) is 0.0524. The predicted octanol–water partition coefficient (Wildman–Crippen LogP) is -1.23. The number of thioether (sulfide) groups is 1. The third-order valence-electron chi connectivity index (χ3n) is 8.80. The number of carbonyl (C=O) groups is 9. The highest BCUT2D eigenvalue weighted by molar-refractivity contribution is 7.98. The third kappa shape index (κ3) is 18.5. The topological polar surface area (TPSA) is 318 Å². The summed E-state index contributed by atoms with van der Waals surface area (Å²) < 4.78 is 0.